The SMILES string of the molecule is CC(NC1CCC(N)CC1)c1ccc(Cl)cc1. The number of nitrogens with one attached hydrogen (secondary N) is 1. The van der Waals surface area contributed by atoms with Crippen LogP contribution in [0.4, 0.5) is 0 Å². The summed E-state index contributed by atoms with van der Waals surface area (Å²) in [4.78, 5) is 0. The first-order valence-corrected chi connectivity index (χ1v) is 6.80. The van der Waals surface area contributed by atoms with Crippen molar-refractivity contribution in [1.29, 1.82) is 0 Å². The van der Waals surface area contributed by atoms with E-state index in [1.807, 2.05) is 12.1 Å². The lowest BCUT2D eigenvalue weighted by molar-refractivity contribution is 0.322. The van der Waals surface area contributed by atoms with Crippen LogP contribution in [0.3, 0.4) is 0 Å². The Morgan fingerprint density at radius 1 is 1.18 bits per heavy atom. The van der Waals surface area contributed by atoms with E-state index in [4.69, 9.17) is 17.3 Å². The molecule has 1 aliphatic rings. The van der Waals surface area contributed by atoms with E-state index in [2.05, 4.69) is 24.4 Å². The van der Waals surface area contributed by atoms with E-state index in [1.165, 1.54) is 18.4 Å². The zero-order valence-corrected chi connectivity index (χ0v) is 11.1. The van der Waals surface area contributed by atoms with Crippen molar-refractivity contribution in [2.75, 3.05) is 0 Å². The summed E-state index contributed by atoms with van der Waals surface area (Å²) < 4.78 is 0. The van der Waals surface area contributed by atoms with E-state index in [0.29, 0.717) is 18.1 Å². The Morgan fingerprint density at radius 3 is 2.35 bits per heavy atom. The molecular formula is C14H21ClN2. The lowest BCUT2D eigenvalue weighted by Gasteiger charge is -2.29. The first-order valence-electron chi connectivity index (χ1n) is 6.42. The molecule has 1 aliphatic carbocycles. The van der Waals surface area contributed by atoms with Gasteiger partial charge in [-0.2, -0.15) is 0 Å². The minimum atomic E-state index is 0.381. The average Bonchev–Trinajstić information content (AvgIpc) is 2.33. The highest BCUT2D eigenvalue weighted by molar-refractivity contribution is 6.30. The first-order chi connectivity index (χ1) is 8.15. The molecule has 1 aromatic rings. The molecule has 2 nitrogen and oxygen atoms in total. The molecule has 3 heteroatoms. The van der Waals surface area contributed by atoms with Crippen molar-refractivity contribution in [1.82, 2.24) is 5.32 Å². The van der Waals surface area contributed by atoms with Crippen LogP contribution in [0.15, 0.2) is 24.3 Å². The van der Waals surface area contributed by atoms with E-state index < -0.39 is 0 Å². The fraction of sp³-hybridized carbons (Fsp3) is 0.571. The van der Waals surface area contributed by atoms with Crippen molar-refractivity contribution < 1.29 is 0 Å². The molecule has 0 saturated heterocycles. The Morgan fingerprint density at radius 2 is 1.76 bits per heavy atom. The largest absolute Gasteiger partial charge is 0.328 e. The summed E-state index contributed by atoms with van der Waals surface area (Å²) in [5.41, 5.74) is 7.21. The summed E-state index contributed by atoms with van der Waals surface area (Å²) in [7, 11) is 0. The Kier molecular flexibility index (Phi) is 4.43. The monoisotopic (exact) mass is 252 g/mol. The zero-order valence-electron chi connectivity index (χ0n) is 10.3. The van der Waals surface area contributed by atoms with Crippen molar-refractivity contribution in [2.45, 2.75) is 50.7 Å². The summed E-state index contributed by atoms with van der Waals surface area (Å²) >= 11 is 5.89. The third-order valence-corrected chi connectivity index (χ3v) is 3.88. The zero-order chi connectivity index (χ0) is 12.3. The standard InChI is InChI=1S/C14H21ClN2/c1-10(11-2-4-12(15)5-3-11)17-14-8-6-13(16)7-9-14/h2-5,10,13-14,17H,6-9,16H2,1H3. The van der Waals surface area contributed by atoms with Gasteiger partial charge in [-0.15, -0.1) is 0 Å². The van der Waals surface area contributed by atoms with Gasteiger partial charge in [-0.1, -0.05) is 23.7 Å². The van der Waals surface area contributed by atoms with Gasteiger partial charge in [0.05, 0.1) is 0 Å². The third kappa shape index (κ3) is 3.70. The average molecular weight is 253 g/mol. The second kappa shape index (κ2) is 5.85. The molecule has 94 valence electrons. The van der Waals surface area contributed by atoms with Gasteiger partial charge in [0.1, 0.15) is 0 Å². The maximum Gasteiger partial charge on any atom is 0.0406 e. The smallest absolute Gasteiger partial charge is 0.0406 e. The fourth-order valence-corrected chi connectivity index (χ4v) is 2.61. The summed E-state index contributed by atoms with van der Waals surface area (Å²) in [6, 6.07) is 9.49. The van der Waals surface area contributed by atoms with Crippen LogP contribution in [-0.2, 0) is 0 Å². The molecule has 0 spiro atoms. The van der Waals surface area contributed by atoms with Gasteiger partial charge in [-0.3, -0.25) is 0 Å². The molecule has 2 rings (SSSR count). The van der Waals surface area contributed by atoms with Gasteiger partial charge in [-0.05, 0) is 50.3 Å². The number of hydrogen-bond acceptors (Lipinski definition) is 2. The molecule has 0 bridgehead atoms. The van der Waals surface area contributed by atoms with Crippen molar-refractivity contribution in [2.24, 2.45) is 5.73 Å². The molecule has 0 amide bonds. The number of hydrogen-bond donors (Lipinski definition) is 2. The van der Waals surface area contributed by atoms with Gasteiger partial charge in [-0.25, -0.2) is 0 Å². The quantitative estimate of drug-likeness (QED) is 0.867. The number of halogens is 1. The summed E-state index contributed by atoms with van der Waals surface area (Å²) in [5, 5.41) is 4.47. The van der Waals surface area contributed by atoms with Gasteiger partial charge < -0.3 is 11.1 Å². The highest BCUT2D eigenvalue weighted by atomic mass is 35.5. The predicted molar refractivity (Wildman–Crippen MR) is 73.2 cm³/mol. The van der Waals surface area contributed by atoms with E-state index in [1.54, 1.807) is 0 Å². The van der Waals surface area contributed by atoms with Crippen LogP contribution >= 0.6 is 11.6 Å². The molecule has 0 aromatic heterocycles. The molecule has 17 heavy (non-hydrogen) atoms. The molecule has 1 aromatic carbocycles. The van der Waals surface area contributed by atoms with Crippen molar-refractivity contribution in [3.05, 3.63) is 34.9 Å². The van der Waals surface area contributed by atoms with Crippen LogP contribution in [-0.4, -0.2) is 12.1 Å². The maximum atomic E-state index is 5.91. The molecule has 3 N–H and O–H groups in total. The number of benzene rings is 1. The molecule has 0 radical (unpaired) electrons. The third-order valence-electron chi connectivity index (χ3n) is 3.63. The van der Waals surface area contributed by atoms with Gasteiger partial charge >= 0.3 is 0 Å². The predicted octanol–water partition coefficient (Wildman–Crippen LogP) is 3.26. The second-order valence-corrected chi connectivity index (χ2v) is 5.49. The molecule has 1 unspecified atom stereocenters. The van der Waals surface area contributed by atoms with E-state index in [-0.39, 0.29) is 0 Å². The Bertz CT molecular complexity index is 342. The van der Waals surface area contributed by atoms with Crippen LogP contribution in [0.2, 0.25) is 5.02 Å². The molecular weight excluding hydrogens is 232 g/mol. The Hall–Kier alpha value is -0.570. The van der Waals surface area contributed by atoms with Crippen molar-refractivity contribution in [3.8, 4) is 0 Å². The van der Waals surface area contributed by atoms with Crippen LogP contribution < -0.4 is 11.1 Å². The Labute approximate surface area is 109 Å². The van der Waals surface area contributed by atoms with Crippen LogP contribution in [0.25, 0.3) is 0 Å². The van der Waals surface area contributed by atoms with E-state index in [9.17, 15) is 0 Å². The number of rotatable bonds is 3. The molecule has 1 saturated carbocycles. The van der Waals surface area contributed by atoms with Crippen molar-refractivity contribution in [3.63, 3.8) is 0 Å². The maximum absolute atomic E-state index is 5.91. The van der Waals surface area contributed by atoms with Crippen LogP contribution in [0.1, 0.15) is 44.2 Å². The topological polar surface area (TPSA) is 38.0 Å². The van der Waals surface area contributed by atoms with Gasteiger partial charge in [0, 0.05) is 23.1 Å². The lowest BCUT2D eigenvalue weighted by Crippen LogP contribution is -2.38. The van der Waals surface area contributed by atoms with Crippen molar-refractivity contribution >= 4 is 11.6 Å². The normalized spacial score (nSPS) is 26.8. The second-order valence-electron chi connectivity index (χ2n) is 5.05. The highest BCUT2D eigenvalue weighted by Crippen LogP contribution is 2.22. The first kappa shape index (κ1) is 12.9. The fourth-order valence-electron chi connectivity index (χ4n) is 2.49. The molecule has 1 atom stereocenters. The van der Waals surface area contributed by atoms with Gasteiger partial charge in [0.2, 0.25) is 0 Å². The summed E-state index contributed by atoms with van der Waals surface area (Å²) in [6.07, 6.45) is 4.67. The number of nitrogens with two attached hydrogens (primary N) is 1. The van der Waals surface area contributed by atoms with E-state index in [0.717, 1.165) is 17.9 Å². The Balaban J connectivity index is 1.88. The molecule has 0 heterocycles. The summed E-state index contributed by atoms with van der Waals surface area (Å²) in [6.45, 7) is 2.21. The van der Waals surface area contributed by atoms with Gasteiger partial charge in [0.25, 0.3) is 0 Å². The molecule has 1 fully saturated rings. The minimum Gasteiger partial charge on any atom is -0.328 e. The highest BCUT2D eigenvalue weighted by Gasteiger charge is 2.20. The summed E-state index contributed by atoms with van der Waals surface area (Å²) in [5.74, 6) is 0. The van der Waals surface area contributed by atoms with Crippen LogP contribution in [0, 0.1) is 0 Å². The minimum absolute atomic E-state index is 0.381. The van der Waals surface area contributed by atoms with E-state index >= 15 is 0 Å². The molecule has 0 aliphatic heterocycles. The lowest BCUT2D eigenvalue weighted by atomic mass is 9.91. The van der Waals surface area contributed by atoms with Gasteiger partial charge in [0.15, 0.2) is 0 Å². The van der Waals surface area contributed by atoms with Crippen LogP contribution in [0.5, 0.6) is 0 Å².